The highest BCUT2D eigenvalue weighted by Crippen LogP contribution is 2.42. The molecule has 0 aliphatic heterocycles. The van der Waals surface area contributed by atoms with E-state index in [-0.39, 0.29) is 39.8 Å². The quantitative estimate of drug-likeness (QED) is 0.311. The van der Waals surface area contributed by atoms with Gasteiger partial charge in [-0.15, -0.1) is 0 Å². The van der Waals surface area contributed by atoms with Crippen molar-refractivity contribution in [3.05, 3.63) is 57.6 Å². The van der Waals surface area contributed by atoms with Crippen LogP contribution in [0.2, 0.25) is 0 Å². The number of carbonyl (C=O) groups excluding carboxylic acids is 2. The van der Waals surface area contributed by atoms with Gasteiger partial charge in [0.2, 0.25) is 0 Å². The van der Waals surface area contributed by atoms with E-state index in [1.807, 2.05) is 107 Å². The topological polar surface area (TPSA) is 93.1 Å². The van der Waals surface area contributed by atoms with Crippen LogP contribution >= 0.6 is 0 Å². The molecule has 0 heterocycles. The third-order valence-corrected chi connectivity index (χ3v) is 7.98. The highest BCUT2D eigenvalue weighted by Gasteiger charge is 2.31. The van der Waals surface area contributed by atoms with E-state index in [1.165, 1.54) is 0 Å². The van der Waals surface area contributed by atoms with Crippen LogP contribution in [0.25, 0.3) is 0 Å². The second-order valence-electron chi connectivity index (χ2n) is 16.3. The van der Waals surface area contributed by atoms with Gasteiger partial charge in [-0.2, -0.15) is 0 Å². The summed E-state index contributed by atoms with van der Waals surface area (Å²) in [5.74, 6) is -1.49. The van der Waals surface area contributed by atoms with Gasteiger partial charge in [-0.1, -0.05) is 107 Å². The fraction of sp³-hybridized carbons (Fsp3) is 0.622. The number of benzene rings is 2. The Bertz CT molecular complexity index is 1250. The second-order valence-corrected chi connectivity index (χ2v) is 16.3. The largest absolute Gasteiger partial charge is 0.507 e. The van der Waals surface area contributed by atoms with Gasteiger partial charge >= 0.3 is 11.9 Å². The Morgan fingerprint density at radius 3 is 1.14 bits per heavy atom. The zero-order chi connectivity index (χ0) is 33.5. The molecule has 6 heteroatoms. The van der Waals surface area contributed by atoms with Gasteiger partial charge < -0.3 is 19.7 Å². The van der Waals surface area contributed by atoms with Crippen LogP contribution in [-0.4, -0.2) is 34.9 Å². The average Bonchev–Trinajstić information content (AvgIpc) is 2.83. The van der Waals surface area contributed by atoms with Crippen molar-refractivity contribution in [1.82, 2.24) is 0 Å². The first kappa shape index (κ1) is 36.2. The van der Waals surface area contributed by atoms with E-state index in [2.05, 4.69) is 0 Å². The molecule has 2 aromatic rings. The number of aromatic hydroxyl groups is 2. The molecule has 6 nitrogen and oxygen atoms in total. The highest BCUT2D eigenvalue weighted by molar-refractivity contribution is 5.79. The summed E-state index contributed by atoms with van der Waals surface area (Å²) < 4.78 is 11.3. The van der Waals surface area contributed by atoms with E-state index < -0.39 is 29.9 Å². The monoisotopic (exact) mass is 596 g/mol. The molecule has 0 saturated heterocycles. The number of phenolic OH excluding ortho intramolecular Hbond substituents is 2. The van der Waals surface area contributed by atoms with Crippen molar-refractivity contribution in [2.45, 2.75) is 143 Å². The number of hydrogen-bond acceptors (Lipinski definition) is 6. The lowest BCUT2D eigenvalue weighted by atomic mass is 9.77. The normalized spacial score (nSPS) is 15.0. The predicted octanol–water partition coefficient (Wildman–Crippen LogP) is 8.67. The molecule has 0 fully saturated rings. The van der Waals surface area contributed by atoms with Gasteiger partial charge in [-0.3, -0.25) is 9.59 Å². The van der Waals surface area contributed by atoms with E-state index in [0.29, 0.717) is 0 Å². The van der Waals surface area contributed by atoms with Crippen LogP contribution in [0.3, 0.4) is 0 Å². The number of ether oxygens (including phenoxy) is 2. The van der Waals surface area contributed by atoms with E-state index in [0.717, 1.165) is 33.4 Å². The molecule has 0 radical (unpaired) electrons. The molecule has 43 heavy (non-hydrogen) atoms. The fourth-order valence-corrected chi connectivity index (χ4v) is 5.03. The summed E-state index contributed by atoms with van der Waals surface area (Å²) in [5, 5.41) is 22.1. The molecule has 2 N–H and O–H groups in total. The Morgan fingerprint density at radius 1 is 0.581 bits per heavy atom. The Hall–Kier alpha value is -3.02. The molecule has 0 bridgehead atoms. The van der Waals surface area contributed by atoms with Gasteiger partial charge in [0.1, 0.15) is 24.2 Å². The molecule has 0 aromatic heterocycles. The maximum absolute atomic E-state index is 13.2. The first-order chi connectivity index (χ1) is 19.3. The summed E-state index contributed by atoms with van der Waals surface area (Å²) in [6.45, 7) is 29.6. The SMILES string of the molecule is CC(COC(=O)C(C)c1cc(C(C)(C)C)c(O)c(C(C)(C)C)c1)OC(=O)C(C)c1cc(C(C)(C)C)c(O)c(C(C)(C)C)c1. The molecule has 0 spiro atoms. The molecule has 0 aliphatic rings. The third kappa shape index (κ3) is 8.77. The van der Waals surface area contributed by atoms with Gasteiger partial charge in [0.15, 0.2) is 0 Å². The summed E-state index contributed by atoms with van der Waals surface area (Å²) in [4.78, 5) is 26.3. The number of hydrogen-bond donors (Lipinski definition) is 2. The maximum atomic E-state index is 13.2. The first-order valence-electron chi connectivity index (χ1n) is 15.4. The summed E-state index contributed by atoms with van der Waals surface area (Å²) in [6, 6.07) is 7.55. The van der Waals surface area contributed by atoms with Gasteiger partial charge in [0.05, 0.1) is 11.8 Å². The lowest BCUT2D eigenvalue weighted by molar-refractivity contribution is -0.159. The molecule has 3 atom stereocenters. The van der Waals surface area contributed by atoms with Crippen molar-refractivity contribution >= 4 is 11.9 Å². The van der Waals surface area contributed by atoms with Crippen LogP contribution < -0.4 is 0 Å². The molecular weight excluding hydrogens is 540 g/mol. The lowest BCUT2D eigenvalue weighted by Gasteiger charge is -2.29. The van der Waals surface area contributed by atoms with Crippen LogP contribution in [-0.2, 0) is 40.7 Å². The maximum Gasteiger partial charge on any atom is 0.313 e. The van der Waals surface area contributed by atoms with Crippen molar-refractivity contribution in [3.63, 3.8) is 0 Å². The predicted molar refractivity (Wildman–Crippen MR) is 174 cm³/mol. The zero-order valence-corrected chi connectivity index (χ0v) is 29.3. The number of esters is 2. The molecule has 2 aromatic carbocycles. The van der Waals surface area contributed by atoms with Crippen molar-refractivity contribution in [1.29, 1.82) is 0 Å². The number of phenols is 2. The van der Waals surface area contributed by atoms with Gasteiger partial charge in [-0.05, 0) is 75.8 Å². The molecular formula is C37H56O6. The first-order valence-corrected chi connectivity index (χ1v) is 15.4. The number of carbonyl (C=O) groups is 2. The van der Waals surface area contributed by atoms with Crippen LogP contribution in [0, 0.1) is 0 Å². The van der Waals surface area contributed by atoms with Crippen LogP contribution in [0.5, 0.6) is 11.5 Å². The Kier molecular flexibility index (Phi) is 10.5. The summed E-state index contributed by atoms with van der Waals surface area (Å²) in [7, 11) is 0. The molecule has 0 aliphatic carbocycles. The van der Waals surface area contributed by atoms with Gasteiger partial charge in [0.25, 0.3) is 0 Å². The van der Waals surface area contributed by atoms with E-state index in [1.54, 1.807) is 20.8 Å². The van der Waals surface area contributed by atoms with E-state index >= 15 is 0 Å². The van der Waals surface area contributed by atoms with Gasteiger partial charge in [0, 0.05) is 0 Å². The average molecular weight is 597 g/mol. The smallest absolute Gasteiger partial charge is 0.313 e. The van der Waals surface area contributed by atoms with Crippen molar-refractivity contribution in [3.8, 4) is 11.5 Å². The van der Waals surface area contributed by atoms with Crippen LogP contribution in [0.4, 0.5) is 0 Å². The van der Waals surface area contributed by atoms with E-state index in [9.17, 15) is 19.8 Å². The third-order valence-electron chi connectivity index (χ3n) is 7.98. The minimum atomic E-state index is -0.650. The molecule has 3 unspecified atom stereocenters. The minimum Gasteiger partial charge on any atom is -0.507 e. The van der Waals surface area contributed by atoms with Crippen molar-refractivity contribution in [2.24, 2.45) is 0 Å². The summed E-state index contributed by atoms with van der Waals surface area (Å²) in [5.41, 5.74) is 3.40. The Labute approximate surface area is 260 Å². The van der Waals surface area contributed by atoms with Crippen LogP contribution in [0.15, 0.2) is 24.3 Å². The molecule has 240 valence electrons. The van der Waals surface area contributed by atoms with Gasteiger partial charge in [-0.25, -0.2) is 0 Å². The van der Waals surface area contributed by atoms with Crippen molar-refractivity contribution in [2.75, 3.05) is 6.61 Å². The van der Waals surface area contributed by atoms with Crippen molar-refractivity contribution < 1.29 is 29.3 Å². The minimum absolute atomic E-state index is 0.0754. The zero-order valence-electron chi connectivity index (χ0n) is 29.3. The second kappa shape index (κ2) is 12.5. The molecule has 0 saturated carbocycles. The summed E-state index contributed by atoms with van der Waals surface area (Å²) >= 11 is 0. The van der Waals surface area contributed by atoms with E-state index in [4.69, 9.17) is 9.47 Å². The highest BCUT2D eigenvalue weighted by atomic mass is 16.6. The number of rotatable bonds is 7. The summed E-state index contributed by atoms with van der Waals surface area (Å²) in [6.07, 6.45) is -0.650. The van der Waals surface area contributed by atoms with Crippen LogP contribution in [0.1, 0.15) is 149 Å². The standard InChI is InChI=1S/C37H56O6/c1-21(43-33(41)23(3)25-18-28(36(10,11)12)31(39)29(19-25)37(13,14)15)20-42-32(40)22(2)24-16-26(34(4,5)6)30(38)27(17-24)35(7,8)9/h16-19,21-23,38-39H,20H2,1-15H3. The molecule has 0 amide bonds. The Balaban J connectivity index is 2.21. The lowest BCUT2D eigenvalue weighted by Crippen LogP contribution is -2.27. The fourth-order valence-electron chi connectivity index (χ4n) is 5.03. The molecule has 2 rings (SSSR count). The Morgan fingerprint density at radius 2 is 0.860 bits per heavy atom.